The van der Waals surface area contributed by atoms with Gasteiger partial charge >= 0.3 is 5.91 Å². The summed E-state index contributed by atoms with van der Waals surface area (Å²) in [6, 6.07) is 11.8. The largest absolute Gasteiger partial charge is 0.507 e. The fourth-order valence-electron chi connectivity index (χ4n) is 4.60. The number of fused-ring (bicyclic) bond motifs is 2. The van der Waals surface area contributed by atoms with E-state index in [1.807, 2.05) is 6.92 Å². The van der Waals surface area contributed by atoms with E-state index < -0.39 is 23.5 Å². The molecule has 35 heavy (non-hydrogen) atoms. The molecule has 1 amide bonds. The first-order valence-corrected chi connectivity index (χ1v) is 11.8. The van der Waals surface area contributed by atoms with Crippen LogP contribution in [0, 0.1) is 5.82 Å². The van der Waals surface area contributed by atoms with E-state index in [4.69, 9.17) is 4.74 Å². The first-order chi connectivity index (χ1) is 16.9. The summed E-state index contributed by atoms with van der Waals surface area (Å²) in [6.07, 6.45) is 3.83. The zero-order chi connectivity index (χ0) is 24.3. The molecule has 9 heteroatoms. The van der Waals surface area contributed by atoms with Crippen molar-refractivity contribution in [2.24, 2.45) is 0 Å². The van der Waals surface area contributed by atoms with Crippen LogP contribution in [0.1, 0.15) is 29.7 Å². The fourth-order valence-corrected chi connectivity index (χ4v) is 5.61. The maximum absolute atomic E-state index is 13.8. The van der Waals surface area contributed by atoms with Gasteiger partial charge in [-0.3, -0.25) is 19.5 Å². The van der Waals surface area contributed by atoms with Gasteiger partial charge in [0.25, 0.3) is 5.78 Å². The zero-order valence-electron chi connectivity index (χ0n) is 18.4. The predicted molar refractivity (Wildman–Crippen MR) is 129 cm³/mol. The maximum atomic E-state index is 13.8. The van der Waals surface area contributed by atoms with Crippen LogP contribution in [0.2, 0.25) is 0 Å². The Kier molecular flexibility index (Phi) is 4.89. The average molecular weight is 488 g/mol. The van der Waals surface area contributed by atoms with E-state index in [1.54, 1.807) is 42.7 Å². The van der Waals surface area contributed by atoms with Crippen LogP contribution >= 0.6 is 11.3 Å². The molecule has 4 heterocycles. The highest BCUT2D eigenvalue weighted by atomic mass is 32.1. The van der Waals surface area contributed by atoms with E-state index in [0.717, 1.165) is 22.6 Å². The van der Waals surface area contributed by atoms with E-state index in [1.165, 1.54) is 23.1 Å². The van der Waals surface area contributed by atoms with E-state index in [2.05, 4.69) is 9.97 Å². The number of rotatable bonds is 3. The number of Topliss-reactive ketones (excluding diaryl/α,β-unsaturated/α-hetero) is 1. The lowest BCUT2D eigenvalue weighted by molar-refractivity contribution is -0.132. The number of hydrogen-bond acceptors (Lipinski definition) is 7. The Morgan fingerprint density at radius 3 is 2.86 bits per heavy atom. The third kappa shape index (κ3) is 3.47. The van der Waals surface area contributed by atoms with E-state index in [-0.39, 0.29) is 22.6 Å². The number of ketones is 1. The molecule has 1 N–H and O–H groups in total. The molecule has 2 aromatic heterocycles. The Balaban J connectivity index is 1.53. The highest BCUT2D eigenvalue weighted by Crippen LogP contribution is 2.44. The second-order valence-electron chi connectivity index (χ2n) is 8.52. The van der Waals surface area contributed by atoms with Crippen molar-refractivity contribution in [3.05, 3.63) is 89.0 Å². The Morgan fingerprint density at radius 1 is 1.20 bits per heavy atom. The van der Waals surface area contributed by atoms with Crippen LogP contribution in [0.3, 0.4) is 0 Å². The molecule has 0 radical (unpaired) electrons. The lowest BCUT2D eigenvalue weighted by atomic mass is 9.95. The number of benzene rings is 2. The summed E-state index contributed by atoms with van der Waals surface area (Å²) >= 11 is 1.10. The van der Waals surface area contributed by atoms with Gasteiger partial charge in [-0.05, 0) is 60.5 Å². The highest BCUT2D eigenvalue weighted by Gasteiger charge is 2.48. The standard InChI is InChI=1S/C26H18FN3O4S/c1-13-9-16-10-14(4-7-19(16)34-13)23(31)21-22(15-3-2-8-28-12-15)30(25(33)24(21)32)26-29-18-6-5-17(27)11-20(18)35-26/h2-8,10-13,22,31H,9H2,1H3. The summed E-state index contributed by atoms with van der Waals surface area (Å²) in [5.74, 6) is -1.62. The quantitative estimate of drug-likeness (QED) is 0.254. The molecule has 7 nitrogen and oxygen atoms in total. The molecule has 6 rings (SSSR count). The van der Waals surface area contributed by atoms with Crippen molar-refractivity contribution in [1.82, 2.24) is 9.97 Å². The van der Waals surface area contributed by atoms with Gasteiger partial charge in [0.2, 0.25) is 0 Å². The molecule has 1 saturated heterocycles. The number of carbonyl (C=O) groups is 2. The second kappa shape index (κ2) is 7.99. The number of carbonyl (C=O) groups excluding carboxylic acids is 2. The number of aliphatic hydroxyl groups is 1. The van der Waals surface area contributed by atoms with Crippen LogP contribution < -0.4 is 9.64 Å². The molecule has 0 saturated carbocycles. The monoisotopic (exact) mass is 487 g/mol. The number of nitrogens with zero attached hydrogens (tertiary/aromatic N) is 3. The lowest BCUT2D eigenvalue weighted by Gasteiger charge is -2.22. The van der Waals surface area contributed by atoms with E-state index in [0.29, 0.717) is 27.8 Å². The molecule has 2 aliphatic heterocycles. The van der Waals surface area contributed by atoms with Crippen molar-refractivity contribution in [2.75, 3.05) is 4.90 Å². The molecule has 2 atom stereocenters. The van der Waals surface area contributed by atoms with Gasteiger partial charge < -0.3 is 9.84 Å². The molecule has 0 aliphatic carbocycles. The van der Waals surface area contributed by atoms with E-state index in [9.17, 15) is 19.1 Å². The minimum atomic E-state index is -0.947. The van der Waals surface area contributed by atoms with Gasteiger partial charge in [-0.25, -0.2) is 9.37 Å². The molecule has 2 aliphatic rings. The van der Waals surface area contributed by atoms with Gasteiger partial charge in [0.15, 0.2) is 5.13 Å². The first-order valence-electron chi connectivity index (χ1n) is 11.0. The second-order valence-corrected chi connectivity index (χ2v) is 9.53. The van der Waals surface area contributed by atoms with Crippen LogP contribution in [0.15, 0.2) is 66.5 Å². The number of aromatic nitrogens is 2. The Bertz CT molecular complexity index is 1550. The topological polar surface area (TPSA) is 92.6 Å². The van der Waals surface area contributed by atoms with Crippen molar-refractivity contribution in [3.8, 4) is 5.75 Å². The summed E-state index contributed by atoms with van der Waals surface area (Å²) in [5, 5.41) is 11.6. The number of pyridine rings is 1. The van der Waals surface area contributed by atoms with Gasteiger partial charge in [0.05, 0.1) is 21.8 Å². The number of hydrogen-bond donors (Lipinski definition) is 1. The molecule has 2 unspecified atom stereocenters. The average Bonchev–Trinajstić information content (AvgIpc) is 3.51. The number of halogens is 1. The predicted octanol–water partition coefficient (Wildman–Crippen LogP) is 4.78. The molecular formula is C26H18FN3O4S. The highest BCUT2D eigenvalue weighted by molar-refractivity contribution is 7.22. The number of thiazole rings is 1. The number of ether oxygens (including phenoxy) is 1. The van der Waals surface area contributed by atoms with Gasteiger partial charge in [-0.2, -0.15) is 0 Å². The third-order valence-electron chi connectivity index (χ3n) is 6.16. The molecular weight excluding hydrogens is 469 g/mol. The summed E-state index contributed by atoms with van der Waals surface area (Å²) in [7, 11) is 0. The zero-order valence-corrected chi connectivity index (χ0v) is 19.3. The molecule has 0 bridgehead atoms. The normalized spacial score (nSPS) is 20.9. The van der Waals surface area contributed by atoms with Crippen LogP contribution in [0.4, 0.5) is 9.52 Å². The van der Waals surface area contributed by atoms with E-state index >= 15 is 0 Å². The van der Waals surface area contributed by atoms with Crippen molar-refractivity contribution in [3.63, 3.8) is 0 Å². The molecule has 174 valence electrons. The molecule has 2 aromatic carbocycles. The minimum Gasteiger partial charge on any atom is -0.507 e. The molecule has 4 aromatic rings. The van der Waals surface area contributed by atoms with Gasteiger partial charge in [0, 0.05) is 24.4 Å². The summed E-state index contributed by atoms with van der Waals surface area (Å²) in [5.41, 5.74) is 2.32. The van der Waals surface area contributed by atoms with Gasteiger partial charge in [0.1, 0.15) is 23.4 Å². The van der Waals surface area contributed by atoms with Gasteiger partial charge in [-0.15, -0.1) is 0 Å². The van der Waals surface area contributed by atoms with Crippen LogP contribution in [-0.2, 0) is 16.0 Å². The Labute approximate surface area is 203 Å². The number of aliphatic hydroxyl groups excluding tert-OH is 1. The summed E-state index contributed by atoms with van der Waals surface area (Å²) < 4.78 is 20.0. The Hall–Kier alpha value is -4.11. The smallest absolute Gasteiger partial charge is 0.301 e. The molecule has 0 spiro atoms. The van der Waals surface area contributed by atoms with Gasteiger partial charge in [-0.1, -0.05) is 17.4 Å². The van der Waals surface area contributed by atoms with Crippen LogP contribution in [0.5, 0.6) is 5.75 Å². The lowest BCUT2D eigenvalue weighted by Crippen LogP contribution is -2.29. The minimum absolute atomic E-state index is 0.0206. The fraction of sp³-hybridized carbons (Fsp3) is 0.154. The molecule has 1 fully saturated rings. The van der Waals surface area contributed by atoms with Crippen molar-refractivity contribution in [2.45, 2.75) is 25.5 Å². The number of amides is 1. The van der Waals surface area contributed by atoms with Crippen molar-refractivity contribution in [1.29, 1.82) is 0 Å². The van der Waals surface area contributed by atoms with Crippen molar-refractivity contribution < 1.29 is 23.8 Å². The van der Waals surface area contributed by atoms with Crippen molar-refractivity contribution >= 4 is 44.1 Å². The Morgan fingerprint density at radius 2 is 2.06 bits per heavy atom. The summed E-state index contributed by atoms with van der Waals surface area (Å²) in [6.45, 7) is 1.96. The summed E-state index contributed by atoms with van der Waals surface area (Å²) in [4.78, 5) is 36.5. The van der Waals surface area contributed by atoms with Crippen LogP contribution in [0.25, 0.3) is 16.0 Å². The SMILES string of the molecule is CC1Cc2cc(C(O)=C3C(=O)C(=O)N(c4nc5ccc(F)cc5s4)C3c3cccnc3)ccc2O1. The third-order valence-corrected chi connectivity index (χ3v) is 7.18. The maximum Gasteiger partial charge on any atom is 0.301 e. The number of anilines is 1. The van der Waals surface area contributed by atoms with Crippen LogP contribution in [-0.4, -0.2) is 32.9 Å². The first kappa shape index (κ1) is 21.4.